The SMILES string of the molecule is CC1[C-]=CC(C(C)(C)C)=C1.Cc1cc[c-]cc1.Cc1cc[c-]cc1.Cl.Cl.[CH2]=[Zr].[c-]1cccc2c1Cc1ccccc1-2. The van der Waals surface area contributed by atoms with Crippen LogP contribution >= 0.6 is 24.8 Å². The van der Waals surface area contributed by atoms with Crippen LogP contribution in [-0.4, -0.2) is 4.21 Å². The molecule has 2 aliphatic carbocycles. The molecule has 0 amide bonds. The van der Waals surface area contributed by atoms with Crippen LogP contribution in [0.5, 0.6) is 0 Å². The van der Waals surface area contributed by atoms with Crippen LogP contribution in [0.1, 0.15) is 49.9 Å². The molecule has 41 heavy (non-hydrogen) atoms. The quantitative estimate of drug-likeness (QED) is 0.145. The normalized spacial score (nSPS) is 13.1. The summed E-state index contributed by atoms with van der Waals surface area (Å²) >= 11 is 1.30. The summed E-state index contributed by atoms with van der Waals surface area (Å²) in [4.78, 5) is 0. The van der Waals surface area contributed by atoms with Crippen LogP contribution in [0.25, 0.3) is 11.1 Å². The molecule has 0 heterocycles. The molecule has 0 saturated heterocycles. The Morgan fingerprint density at radius 1 is 0.732 bits per heavy atom. The first-order valence-corrected chi connectivity index (χ1v) is 15.1. The molecule has 0 spiro atoms. The van der Waals surface area contributed by atoms with Gasteiger partial charge in [0.1, 0.15) is 0 Å². The van der Waals surface area contributed by atoms with E-state index < -0.39 is 0 Å². The van der Waals surface area contributed by atoms with E-state index in [4.69, 9.17) is 0 Å². The van der Waals surface area contributed by atoms with Crippen LogP contribution in [0.15, 0.2) is 109 Å². The van der Waals surface area contributed by atoms with E-state index in [1.54, 1.807) is 0 Å². The third-order valence-corrected chi connectivity index (χ3v) is 6.18. The van der Waals surface area contributed by atoms with Gasteiger partial charge in [0.2, 0.25) is 0 Å². The van der Waals surface area contributed by atoms with Crippen molar-refractivity contribution in [3.8, 4) is 11.1 Å². The molecular formula is C38H42Cl2Zr-4. The van der Waals surface area contributed by atoms with Crippen molar-refractivity contribution in [2.24, 2.45) is 11.3 Å². The summed E-state index contributed by atoms with van der Waals surface area (Å²) in [6.07, 6.45) is 8.70. The zero-order valence-corrected chi connectivity index (χ0v) is 29.2. The zero-order valence-electron chi connectivity index (χ0n) is 25.1. The van der Waals surface area contributed by atoms with Gasteiger partial charge in [-0.1, -0.05) is 88.3 Å². The fraction of sp³-hybridized carbons (Fsp3) is 0.237. The average molecular weight is 661 g/mol. The van der Waals surface area contributed by atoms with E-state index >= 15 is 0 Å². The van der Waals surface area contributed by atoms with E-state index in [1.165, 1.54) is 63.2 Å². The van der Waals surface area contributed by atoms with Crippen LogP contribution in [0.3, 0.4) is 0 Å². The number of aryl methyl sites for hydroxylation is 2. The molecule has 3 heteroatoms. The minimum atomic E-state index is 0. The zero-order chi connectivity index (χ0) is 28.7. The van der Waals surface area contributed by atoms with Crippen molar-refractivity contribution in [1.29, 1.82) is 0 Å². The molecular weight excluding hydrogens is 619 g/mol. The van der Waals surface area contributed by atoms with Crippen LogP contribution in [0, 0.1) is 49.5 Å². The third-order valence-electron chi connectivity index (χ3n) is 6.18. The number of halogens is 2. The van der Waals surface area contributed by atoms with Gasteiger partial charge in [-0.15, -0.1) is 30.4 Å². The van der Waals surface area contributed by atoms with E-state index in [-0.39, 0.29) is 24.8 Å². The molecule has 0 saturated carbocycles. The first kappa shape index (κ1) is 38.7. The number of hydrogen-bond donors (Lipinski definition) is 0. The number of allylic oxidation sites excluding steroid dienone is 4. The van der Waals surface area contributed by atoms with Crippen LogP contribution in [0.4, 0.5) is 0 Å². The molecule has 4 aromatic carbocycles. The van der Waals surface area contributed by atoms with Gasteiger partial charge in [0, 0.05) is 0 Å². The van der Waals surface area contributed by atoms with Crippen LogP contribution in [-0.2, 0) is 30.7 Å². The summed E-state index contributed by atoms with van der Waals surface area (Å²) in [6.45, 7) is 13.0. The Kier molecular flexibility index (Phi) is 19.4. The number of rotatable bonds is 0. The summed E-state index contributed by atoms with van der Waals surface area (Å²) in [5.74, 6) is 0.522. The molecule has 6 rings (SSSR count). The molecule has 2 aliphatic rings. The van der Waals surface area contributed by atoms with Gasteiger partial charge < -0.3 is 0 Å². The van der Waals surface area contributed by atoms with Gasteiger partial charge in [-0.2, -0.15) is 113 Å². The second kappa shape index (κ2) is 20.6. The number of fused-ring (bicyclic) bond motifs is 3. The van der Waals surface area contributed by atoms with Gasteiger partial charge in [-0.05, 0) is 6.42 Å². The predicted molar refractivity (Wildman–Crippen MR) is 180 cm³/mol. The monoisotopic (exact) mass is 658 g/mol. The standard InChI is InChI=1S/C13H9.C10H15.2C7H7.CH2.2ClH.Zr/c1-3-7-12-10(5-1)9-11-6-2-4-8-13(11)12;1-8-5-6-9(7-8)10(2,3)4;2*1-7-5-3-2-4-6-7;;;;/h1-5,7-8H,9H2;6-8H,1-4H3;2*3-6H,1H3;1H2;2*1H;/q4*-1;;;;. The Morgan fingerprint density at radius 3 is 1.66 bits per heavy atom. The maximum atomic E-state index is 3.34. The molecule has 0 N–H and O–H groups in total. The Hall–Kier alpha value is -2.31. The summed E-state index contributed by atoms with van der Waals surface area (Å²) in [5.41, 5.74) is 9.81. The van der Waals surface area contributed by atoms with Gasteiger partial charge >= 0.3 is 28.4 Å². The first-order chi connectivity index (χ1) is 18.7. The summed E-state index contributed by atoms with van der Waals surface area (Å²) in [6, 6.07) is 39.7. The molecule has 0 nitrogen and oxygen atoms in total. The van der Waals surface area contributed by atoms with Gasteiger partial charge in [0.15, 0.2) is 0 Å². The van der Waals surface area contributed by atoms with Gasteiger partial charge in [-0.3, -0.25) is 6.08 Å². The summed E-state index contributed by atoms with van der Waals surface area (Å²) in [7, 11) is 0. The molecule has 1 unspecified atom stereocenters. The van der Waals surface area contributed by atoms with Crippen molar-refractivity contribution in [1.82, 2.24) is 0 Å². The van der Waals surface area contributed by atoms with Gasteiger partial charge in [-0.25, -0.2) is 6.08 Å². The fourth-order valence-electron chi connectivity index (χ4n) is 3.99. The van der Waals surface area contributed by atoms with E-state index in [0.29, 0.717) is 11.3 Å². The van der Waals surface area contributed by atoms with Crippen molar-refractivity contribution in [2.45, 2.75) is 48.0 Å². The average Bonchev–Trinajstić information content (AvgIpc) is 3.56. The Balaban J connectivity index is 0.000000518. The van der Waals surface area contributed by atoms with Crippen molar-refractivity contribution in [3.05, 3.63) is 155 Å². The number of hydrogen-bond acceptors (Lipinski definition) is 0. The molecule has 0 fully saturated rings. The Labute approximate surface area is 277 Å². The smallest absolute Gasteiger partial charge is 0.0253 e. The van der Waals surface area contributed by atoms with Crippen molar-refractivity contribution in [3.63, 3.8) is 0 Å². The third kappa shape index (κ3) is 13.9. The topological polar surface area (TPSA) is 0 Å². The molecule has 0 aliphatic heterocycles. The maximum Gasteiger partial charge on any atom is -0.0253 e. The van der Waals surface area contributed by atoms with Crippen LogP contribution in [0.2, 0.25) is 0 Å². The Bertz CT molecular complexity index is 1240. The molecule has 0 bridgehead atoms. The van der Waals surface area contributed by atoms with Gasteiger partial charge in [0.25, 0.3) is 0 Å². The molecule has 0 radical (unpaired) electrons. The predicted octanol–water partition coefficient (Wildman–Crippen LogP) is 10.4. The molecule has 4 aromatic rings. The van der Waals surface area contributed by atoms with Crippen molar-refractivity contribution >= 4 is 29.0 Å². The van der Waals surface area contributed by atoms with E-state index in [2.05, 4.69) is 119 Å². The molecule has 1 atom stereocenters. The second-order valence-electron chi connectivity index (χ2n) is 10.5. The molecule has 216 valence electrons. The van der Waals surface area contributed by atoms with E-state index in [9.17, 15) is 0 Å². The number of benzene rings is 4. The van der Waals surface area contributed by atoms with Gasteiger partial charge in [0.05, 0.1) is 0 Å². The van der Waals surface area contributed by atoms with Crippen LogP contribution < -0.4 is 0 Å². The summed E-state index contributed by atoms with van der Waals surface area (Å²) < 4.78 is 3.34. The van der Waals surface area contributed by atoms with E-state index in [0.717, 1.165) is 6.42 Å². The molecule has 0 aromatic heterocycles. The summed E-state index contributed by atoms with van der Waals surface area (Å²) in [5, 5.41) is 0. The van der Waals surface area contributed by atoms with E-state index in [1.807, 2.05) is 54.6 Å². The maximum absolute atomic E-state index is 3.34. The van der Waals surface area contributed by atoms with Crippen molar-refractivity contribution in [2.75, 3.05) is 0 Å². The van der Waals surface area contributed by atoms with Crippen molar-refractivity contribution < 1.29 is 24.2 Å². The largest absolute Gasteiger partial charge is 0.179 e. The minimum Gasteiger partial charge on any atom is -0.179 e. The first-order valence-electron chi connectivity index (χ1n) is 13.3. The fourth-order valence-corrected chi connectivity index (χ4v) is 3.99. The minimum absolute atomic E-state index is 0. The Morgan fingerprint density at radius 2 is 1.24 bits per heavy atom. The second-order valence-corrected chi connectivity index (χ2v) is 10.5.